The number of aromatic hydroxyl groups is 2. The van der Waals surface area contributed by atoms with Crippen molar-refractivity contribution in [3.8, 4) is 23.0 Å². The van der Waals surface area contributed by atoms with E-state index in [1.807, 2.05) is 18.2 Å². The Kier molecular flexibility index (Phi) is 3.53. The van der Waals surface area contributed by atoms with E-state index in [1.165, 1.54) is 11.1 Å². The molecule has 0 amide bonds. The van der Waals surface area contributed by atoms with Crippen LogP contribution in [0, 0.1) is 0 Å². The number of rotatable bonds is 2. The third kappa shape index (κ3) is 2.19. The Morgan fingerprint density at radius 1 is 1.00 bits per heavy atom. The average molecular weight is 327 g/mol. The fraction of sp³-hybridized carbons (Fsp3) is 0.368. The lowest BCUT2D eigenvalue weighted by atomic mass is 9.83. The topological polar surface area (TPSA) is 62.2 Å². The highest BCUT2D eigenvalue weighted by Crippen LogP contribution is 2.46. The van der Waals surface area contributed by atoms with E-state index in [9.17, 15) is 10.2 Å². The number of hydrogen-bond donors (Lipinski definition) is 2. The van der Waals surface area contributed by atoms with Gasteiger partial charge in [0, 0.05) is 24.7 Å². The van der Waals surface area contributed by atoms with Crippen LogP contribution < -0.4 is 9.47 Å². The van der Waals surface area contributed by atoms with Crippen molar-refractivity contribution in [1.29, 1.82) is 0 Å². The molecule has 2 aliphatic rings. The molecule has 0 radical (unpaired) electrons. The molecule has 0 aromatic heterocycles. The summed E-state index contributed by atoms with van der Waals surface area (Å²) < 4.78 is 10.5. The maximum absolute atomic E-state index is 10.6. The summed E-state index contributed by atoms with van der Waals surface area (Å²) in [5.41, 5.74) is 4.41. The molecule has 5 heteroatoms. The molecule has 2 aliphatic heterocycles. The van der Waals surface area contributed by atoms with E-state index in [0.717, 1.165) is 37.1 Å². The van der Waals surface area contributed by atoms with Crippen molar-refractivity contribution in [1.82, 2.24) is 4.90 Å². The van der Waals surface area contributed by atoms with Gasteiger partial charge in [0.25, 0.3) is 0 Å². The lowest BCUT2D eigenvalue weighted by Crippen LogP contribution is -2.39. The van der Waals surface area contributed by atoms with Gasteiger partial charge in [0.05, 0.1) is 14.2 Å². The van der Waals surface area contributed by atoms with Crippen LogP contribution in [0.4, 0.5) is 0 Å². The third-order valence-electron chi connectivity index (χ3n) is 5.22. The predicted molar refractivity (Wildman–Crippen MR) is 89.9 cm³/mol. The summed E-state index contributed by atoms with van der Waals surface area (Å²) in [5, 5.41) is 20.7. The Labute approximate surface area is 141 Å². The van der Waals surface area contributed by atoms with Gasteiger partial charge in [-0.2, -0.15) is 0 Å². The number of benzene rings is 2. The number of fused-ring (bicyclic) bond motifs is 4. The van der Waals surface area contributed by atoms with Crippen LogP contribution in [-0.2, 0) is 19.4 Å². The second-order valence-electron chi connectivity index (χ2n) is 6.42. The molecule has 24 heavy (non-hydrogen) atoms. The zero-order chi connectivity index (χ0) is 16.8. The number of ether oxygens (including phenoxy) is 2. The predicted octanol–water partition coefficient (Wildman–Crippen LogP) is 2.77. The van der Waals surface area contributed by atoms with Crippen LogP contribution in [0.3, 0.4) is 0 Å². The van der Waals surface area contributed by atoms with E-state index >= 15 is 0 Å². The maximum Gasteiger partial charge on any atom is 0.162 e. The van der Waals surface area contributed by atoms with Gasteiger partial charge in [-0.1, -0.05) is 6.07 Å². The molecule has 0 saturated carbocycles. The first kappa shape index (κ1) is 15.1. The van der Waals surface area contributed by atoms with Crippen LogP contribution >= 0.6 is 0 Å². The molecule has 2 N–H and O–H groups in total. The van der Waals surface area contributed by atoms with Crippen molar-refractivity contribution in [3.63, 3.8) is 0 Å². The van der Waals surface area contributed by atoms with Crippen LogP contribution in [0.15, 0.2) is 24.3 Å². The molecular weight excluding hydrogens is 306 g/mol. The van der Waals surface area contributed by atoms with E-state index in [1.54, 1.807) is 20.3 Å². The highest BCUT2D eigenvalue weighted by Gasteiger charge is 2.35. The summed E-state index contributed by atoms with van der Waals surface area (Å²) in [7, 11) is 3.14. The van der Waals surface area contributed by atoms with E-state index < -0.39 is 0 Å². The molecule has 2 aromatic rings. The summed E-state index contributed by atoms with van der Waals surface area (Å²) in [6.07, 6.45) is 1.66. The van der Waals surface area contributed by atoms with Gasteiger partial charge in [0.1, 0.15) is 0 Å². The van der Waals surface area contributed by atoms with Gasteiger partial charge in [0.2, 0.25) is 0 Å². The first-order valence-corrected chi connectivity index (χ1v) is 8.14. The van der Waals surface area contributed by atoms with Gasteiger partial charge in [-0.05, 0) is 47.7 Å². The smallest absolute Gasteiger partial charge is 0.162 e. The third-order valence-corrected chi connectivity index (χ3v) is 5.22. The number of hydrogen-bond acceptors (Lipinski definition) is 5. The van der Waals surface area contributed by atoms with Gasteiger partial charge in [-0.25, -0.2) is 0 Å². The van der Waals surface area contributed by atoms with Crippen molar-refractivity contribution < 1.29 is 19.7 Å². The first-order valence-electron chi connectivity index (χ1n) is 8.14. The molecule has 0 aliphatic carbocycles. The standard InChI is InChI=1S/C19H21NO4/c1-23-16-4-3-11-5-6-20-10-13-9-17(24-2)15(21)8-12(13)7-14(20)18(11)19(16)22/h3-4,8-9,14,21-22H,5-7,10H2,1-2H3. The SMILES string of the molecule is COc1cc2c(cc1O)CC1c3c(ccc(OC)c3O)CCN1C2. The minimum absolute atomic E-state index is 0.101. The van der Waals surface area contributed by atoms with Crippen molar-refractivity contribution in [2.75, 3.05) is 20.8 Å². The fourth-order valence-corrected chi connectivity index (χ4v) is 3.99. The maximum atomic E-state index is 10.6. The average Bonchev–Trinajstić information content (AvgIpc) is 2.59. The van der Waals surface area contributed by atoms with Crippen LogP contribution in [0.1, 0.15) is 28.3 Å². The lowest BCUT2D eigenvalue weighted by molar-refractivity contribution is 0.156. The Morgan fingerprint density at radius 3 is 2.54 bits per heavy atom. The quantitative estimate of drug-likeness (QED) is 0.888. The summed E-state index contributed by atoms with van der Waals surface area (Å²) in [5.74, 6) is 1.43. The molecule has 2 aromatic carbocycles. The molecular formula is C19H21NO4. The van der Waals surface area contributed by atoms with Crippen molar-refractivity contribution in [2.24, 2.45) is 0 Å². The van der Waals surface area contributed by atoms with Crippen LogP contribution in [-0.4, -0.2) is 35.9 Å². The van der Waals surface area contributed by atoms with Crippen LogP contribution in [0.2, 0.25) is 0 Å². The van der Waals surface area contributed by atoms with E-state index in [-0.39, 0.29) is 17.5 Å². The van der Waals surface area contributed by atoms with Crippen LogP contribution in [0.25, 0.3) is 0 Å². The number of phenols is 2. The molecule has 1 unspecified atom stereocenters. The molecule has 2 heterocycles. The lowest BCUT2D eigenvalue weighted by Gasteiger charge is -2.41. The Bertz CT molecular complexity index is 802. The second kappa shape index (κ2) is 5.60. The normalized spacial score (nSPS) is 19.2. The first-order chi connectivity index (χ1) is 11.6. The summed E-state index contributed by atoms with van der Waals surface area (Å²) in [6, 6.07) is 7.69. The number of phenolic OH excluding ortho intramolecular Hbond substituents is 2. The highest BCUT2D eigenvalue weighted by molar-refractivity contribution is 5.54. The van der Waals surface area contributed by atoms with Crippen molar-refractivity contribution in [3.05, 3.63) is 46.5 Å². The minimum Gasteiger partial charge on any atom is -0.504 e. The zero-order valence-electron chi connectivity index (χ0n) is 13.9. The monoisotopic (exact) mass is 327 g/mol. The number of nitrogens with zero attached hydrogens (tertiary/aromatic N) is 1. The van der Waals surface area contributed by atoms with Crippen LogP contribution in [0.5, 0.6) is 23.0 Å². The van der Waals surface area contributed by atoms with Gasteiger partial charge in [-0.15, -0.1) is 0 Å². The fourth-order valence-electron chi connectivity index (χ4n) is 3.99. The molecule has 0 bridgehead atoms. The zero-order valence-corrected chi connectivity index (χ0v) is 13.9. The Morgan fingerprint density at radius 2 is 1.79 bits per heavy atom. The van der Waals surface area contributed by atoms with E-state index in [2.05, 4.69) is 4.90 Å². The van der Waals surface area contributed by atoms with E-state index in [0.29, 0.717) is 11.5 Å². The van der Waals surface area contributed by atoms with E-state index in [4.69, 9.17) is 9.47 Å². The molecule has 4 rings (SSSR count). The van der Waals surface area contributed by atoms with Gasteiger partial charge >= 0.3 is 0 Å². The molecule has 5 nitrogen and oxygen atoms in total. The summed E-state index contributed by atoms with van der Waals surface area (Å²) in [4.78, 5) is 2.38. The molecule has 126 valence electrons. The second-order valence-corrected chi connectivity index (χ2v) is 6.42. The minimum atomic E-state index is 0.101. The van der Waals surface area contributed by atoms with Gasteiger partial charge in [-0.3, -0.25) is 4.90 Å². The largest absolute Gasteiger partial charge is 0.504 e. The summed E-state index contributed by atoms with van der Waals surface area (Å²) >= 11 is 0. The van der Waals surface area contributed by atoms with Crippen molar-refractivity contribution in [2.45, 2.75) is 25.4 Å². The highest BCUT2D eigenvalue weighted by atomic mass is 16.5. The Hall–Kier alpha value is -2.40. The summed E-state index contributed by atoms with van der Waals surface area (Å²) in [6.45, 7) is 1.73. The molecule has 0 saturated heterocycles. The molecule has 0 fully saturated rings. The van der Waals surface area contributed by atoms with Crippen molar-refractivity contribution >= 4 is 0 Å². The van der Waals surface area contributed by atoms with Gasteiger partial charge < -0.3 is 19.7 Å². The molecule has 0 spiro atoms. The Balaban J connectivity index is 1.79. The molecule has 1 atom stereocenters. The number of methoxy groups -OCH3 is 2. The van der Waals surface area contributed by atoms with Gasteiger partial charge in [0.15, 0.2) is 23.0 Å².